The molecule has 0 amide bonds. The van der Waals surface area contributed by atoms with Gasteiger partial charge in [-0.15, -0.1) is 22.7 Å². The van der Waals surface area contributed by atoms with E-state index in [-0.39, 0.29) is 11.8 Å². The number of nitrogens with zero attached hydrogens (tertiary/aromatic N) is 2. The van der Waals surface area contributed by atoms with Crippen LogP contribution in [0.3, 0.4) is 0 Å². The molecule has 2 aromatic heterocycles. The topological polar surface area (TPSA) is 68.9 Å². The SMILES string of the molecule is Cc1nc(CC(=O)c2csc(C(C)N)n2)sc1C. The Morgan fingerprint density at radius 3 is 2.67 bits per heavy atom. The van der Waals surface area contributed by atoms with Gasteiger partial charge in [-0.1, -0.05) is 0 Å². The Morgan fingerprint density at radius 1 is 1.44 bits per heavy atom. The number of Topliss-reactive ketones (excluding diaryl/α,β-unsaturated/α-hetero) is 1. The molecule has 0 aromatic carbocycles. The Labute approximate surface area is 114 Å². The normalized spacial score (nSPS) is 12.7. The Bertz CT molecular complexity index is 552. The first-order valence-corrected chi connectivity index (χ1v) is 7.34. The highest BCUT2D eigenvalue weighted by molar-refractivity contribution is 7.11. The maximum atomic E-state index is 12.0. The highest BCUT2D eigenvalue weighted by Gasteiger charge is 2.15. The van der Waals surface area contributed by atoms with Crippen molar-refractivity contribution in [3.63, 3.8) is 0 Å². The Hall–Kier alpha value is -1.11. The van der Waals surface area contributed by atoms with E-state index in [1.807, 2.05) is 20.8 Å². The summed E-state index contributed by atoms with van der Waals surface area (Å²) in [7, 11) is 0. The largest absolute Gasteiger partial charge is 0.322 e. The first kappa shape index (κ1) is 13.3. The van der Waals surface area contributed by atoms with Gasteiger partial charge in [0.05, 0.1) is 18.2 Å². The number of carbonyl (C=O) groups is 1. The molecular formula is C12H15N3OS2. The number of carbonyl (C=O) groups excluding carboxylic acids is 1. The lowest BCUT2D eigenvalue weighted by atomic mass is 10.2. The third kappa shape index (κ3) is 2.82. The lowest BCUT2D eigenvalue weighted by molar-refractivity contribution is 0.0988. The zero-order valence-corrected chi connectivity index (χ0v) is 12.2. The molecule has 2 N–H and O–H groups in total. The number of ketones is 1. The summed E-state index contributed by atoms with van der Waals surface area (Å²) in [5.41, 5.74) is 7.22. The molecule has 2 heterocycles. The van der Waals surface area contributed by atoms with E-state index in [2.05, 4.69) is 9.97 Å². The highest BCUT2D eigenvalue weighted by atomic mass is 32.1. The van der Waals surface area contributed by atoms with Crippen molar-refractivity contribution in [3.05, 3.63) is 31.7 Å². The molecule has 1 unspecified atom stereocenters. The summed E-state index contributed by atoms with van der Waals surface area (Å²) in [5, 5.41) is 3.42. The van der Waals surface area contributed by atoms with Crippen LogP contribution in [0.5, 0.6) is 0 Å². The van der Waals surface area contributed by atoms with Crippen molar-refractivity contribution in [1.82, 2.24) is 9.97 Å². The van der Waals surface area contributed by atoms with Gasteiger partial charge in [-0.3, -0.25) is 4.79 Å². The zero-order valence-electron chi connectivity index (χ0n) is 10.6. The van der Waals surface area contributed by atoms with Crippen LogP contribution in [0.25, 0.3) is 0 Å². The Balaban J connectivity index is 2.11. The second-order valence-electron chi connectivity index (χ2n) is 4.21. The van der Waals surface area contributed by atoms with E-state index in [4.69, 9.17) is 5.73 Å². The second-order valence-corrected chi connectivity index (χ2v) is 6.39. The van der Waals surface area contributed by atoms with Gasteiger partial charge in [-0.05, 0) is 20.8 Å². The van der Waals surface area contributed by atoms with Gasteiger partial charge in [-0.25, -0.2) is 9.97 Å². The molecule has 0 aliphatic rings. The molecule has 0 aliphatic carbocycles. The highest BCUT2D eigenvalue weighted by Crippen LogP contribution is 2.20. The molecule has 0 saturated carbocycles. The fourth-order valence-electron chi connectivity index (χ4n) is 1.47. The summed E-state index contributed by atoms with van der Waals surface area (Å²) < 4.78 is 0. The van der Waals surface area contributed by atoms with Gasteiger partial charge in [0.2, 0.25) is 0 Å². The lowest BCUT2D eigenvalue weighted by Gasteiger charge is -1.97. The van der Waals surface area contributed by atoms with Crippen LogP contribution in [-0.2, 0) is 6.42 Å². The van der Waals surface area contributed by atoms with E-state index in [0.717, 1.165) is 20.6 Å². The molecule has 0 radical (unpaired) electrons. The number of thiazole rings is 2. The van der Waals surface area contributed by atoms with E-state index in [9.17, 15) is 4.79 Å². The van der Waals surface area contributed by atoms with Crippen LogP contribution in [-0.4, -0.2) is 15.8 Å². The molecule has 0 fully saturated rings. The molecule has 0 saturated heterocycles. The minimum Gasteiger partial charge on any atom is -0.322 e. The van der Waals surface area contributed by atoms with Crippen LogP contribution in [0.4, 0.5) is 0 Å². The van der Waals surface area contributed by atoms with Gasteiger partial charge in [0.15, 0.2) is 5.78 Å². The van der Waals surface area contributed by atoms with Crippen molar-refractivity contribution in [1.29, 1.82) is 0 Å². The molecule has 96 valence electrons. The number of hydrogen-bond donors (Lipinski definition) is 1. The minimum absolute atomic E-state index is 0.00639. The van der Waals surface area contributed by atoms with Crippen LogP contribution < -0.4 is 5.73 Å². The first-order chi connectivity index (χ1) is 8.47. The van der Waals surface area contributed by atoms with E-state index >= 15 is 0 Å². The second kappa shape index (κ2) is 5.26. The van der Waals surface area contributed by atoms with Crippen molar-refractivity contribution in [2.75, 3.05) is 0 Å². The van der Waals surface area contributed by atoms with Gasteiger partial charge < -0.3 is 5.73 Å². The van der Waals surface area contributed by atoms with Gasteiger partial charge in [0.25, 0.3) is 0 Å². The molecule has 6 heteroatoms. The van der Waals surface area contributed by atoms with Crippen molar-refractivity contribution in [2.24, 2.45) is 5.73 Å². The van der Waals surface area contributed by atoms with E-state index in [0.29, 0.717) is 12.1 Å². The summed E-state index contributed by atoms with van der Waals surface area (Å²) in [6.45, 7) is 5.83. The van der Waals surface area contributed by atoms with E-state index < -0.39 is 0 Å². The Morgan fingerprint density at radius 2 is 2.17 bits per heavy atom. The fourth-order valence-corrected chi connectivity index (χ4v) is 3.18. The summed E-state index contributed by atoms with van der Waals surface area (Å²) in [6, 6.07) is -0.124. The summed E-state index contributed by atoms with van der Waals surface area (Å²) in [6.07, 6.45) is 0.321. The number of nitrogens with two attached hydrogens (primary N) is 1. The molecule has 1 atom stereocenters. The van der Waals surface area contributed by atoms with Gasteiger partial charge >= 0.3 is 0 Å². The summed E-state index contributed by atoms with van der Waals surface area (Å²) >= 11 is 3.00. The van der Waals surface area contributed by atoms with Gasteiger partial charge in [0, 0.05) is 10.3 Å². The van der Waals surface area contributed by atoms with Crippen molar-refractivity contribution in [2.45, 2.75) is 33.2 Å². The Kier molecular flexibility index (Phi) is 3.89. The molecular weight excluding hydrogens is 266 g/mol. The molecule has 2 aromatic rings. The molecule has 0 spiro atoms. The summed E-state index contributed by atoms with van der Waals surface area (Å²) in [5.74, 6) is 0.00639. The summed E-state index contributed by atoms with van der Waals surface area (Å²) in [4.78, 5) is 21.8. The monoisotopic (exact) mass is 281 g/mol. The number of hydrogen-bond acceptors (Lipinski definition) is 6. The van der Waals surface area contributed by atoms with Crippen LogP contribution in [0.15, 0.2) is 5.38 Å². The number of aryl methyl sites for hydroxylation is 2. The van der Waals surface area contributed by atoms with Crippen LogP contribution >= 0.6 is 22.7 Å². The third-order valence-electron chi connectivity index (χ3n) is 2.58. The quantitative estimate of drug-likeness (QED) is 0.875. The fraction of sp³-hybridized carbons (Fsp3) is 0.417. The smallest absolute Gasteiger partial charge is 0.188 e. The number of aromatic nitrogens is 2. The molecule has 2 rings (SSSR count). The van der Waals surface area contributed by atoms with Crippen molar-refractivity contribution < 1.29 is 4.79 Å². The number of rotatable bonds is 4. The lowest BCUT2D eigenvalue weighted by Crippen LogP contribution is -2.07. The predicted molar refractivity (Wildman–Crippen MR) is 74.3 cm³/mol. The predicted octanol–water partition coefficient (Wildman–Crippen LogP) is 2.66. The minimum atomic E-state index is -0.124. The van der Waals surface area contributed by atoms with Crippen LogP contribution in [0.1, 0.15) is 44.0 Å². The molecule has 18 heavy (non-hydrogen) atoms. The maximum absolute atomic E-state index is 12.0. The first-order valence-electron chi connectivity index (χ1n) is 5.64. The van der Waals surface area contributed by atoms with E-state index in [1.54, 1.807) is 16.7 Å². The average molecular weight is 281 g/mol. The zero-order chi connectivity index (χ0) is 13.3. The average Bonchev–Trinajstić information content (AvgIpc) is 2.87. The van der Waals surface area contributed by atoms with Crippen molar-refractivity contribution >= 4 is 28.5 Å². The molecule has 0 bridgehead atoms. The third-order valence-corrected chi connectivity index (χ3v) is 4.70. The molecule has 0 aliphatic heterocycles. The van der Waals surface area contributed by atoms with Crippen molar-refractivity contribution in [3.8, 4) is 0 Å². The standard InChI is InChI=1S/C12H15N3OS2/c1-6(13)12-15-9(5-17-12)10(16)4-11-14-7(2)8(3)18-11/h5-6H,4,13H2,1-3H3. The van der Waals surface area contributed by atoms with Gasteiger partial charge in [-0.2, -0.15) is 0 Å². The van der Waals surface area contributed by atoms with Gasteiger partial charge in [0.1, 0.15) is 15.7 Å². The van der Waals surface area contributed by atoms with Crippen LogP contribution in [0, 0.1) is 13.8 Å². The van der Waals surface area contributed by atoms with Crippen LogP contribution in [0.2, 0.25) is 0 Å². The van der Waals surface area contributed by atoms with E-state index in [1.165, 1.54) is 11.3 Å². The molecule has 4 nitrogen and oxygen atoms in total. The maximum Gasteiger partial charge on any atom is 0.188 e.